The molecule has 1 aromatic rings. The van der Waals surface area contributed by atoms with Gasteiger partial charge in [0.1, 0.15) is 5.75 Å². The fourth-order valence-corrected chi connectivity index (χ4v) is 3.39. The first-order valence-electron chi connectivity index (χ1n) is 7.16. The Kier molecular flexibility index (Phi) is 3.52. The smallest absolute Gasteiger partial charge is 0.406 e. The highest BCUT2D eigenvalue weighted by atomic mass is 19.4. The molecule has 1 unspecified atom stereocenters. The number of ether oxygens (including phenoxy) is 1. The van der Waals surface area contributed by atoms with Gasteiger partial charge in [-0.2, -0.15) is 0 Å². The van der Waals surface area contributed by atoms with E-state index in [2.05, 4.69) is 10.1 Å². The van der Waals surface area contributed by atoms with E-state index in [4.69, 9.17) is 0 Å². The number of nitrogens with one attached hydrogen (secondary N) is 1. The van der Waals surface area contributed by atoms with Crippen LogP contribution >= 0.6 is 0 Å². The Morgan fingerprint density at radius 2 is 1.85 bits per heavy atom. The van der Waals surface area contributed by atoms with Gasteiger partial charge in [0.05, 0.1) is 0 Å². The molecule has 3 rings (SSSR count). The second-order valence-electron chi connectivity index (χ2n) is 5.72. The van der Waals surface area contributed by atoms with E-state index in [9.17, 15) is 13.2 Å². The Morgan fingerprint density at radius 3 is 2.55 bits per heavy atom. The minimum Gasteiger partial charge on any atom is -0.406 e. The van der Waals surface area contributed by atoms with Gasteiger partial charge in [-0.05, 0) is 48.9 Å². The van der Waals surface area contributed by atoms with E-state index in [1.54, 1.807) is 6.07 Å². The van der Waals surface area contributed by atoms with Gasteiger partial charge >= 0.3 is 6.36 Å². The maximum Gasteiger partial charge on any atom is 0.573 e. The van der Waals surface area contributed by atoms with Crippen molar-refractivity contribution in [2.24, 2.45) is 5.92 Å². The molecule has 1 aliphatic heterocycles. The van der Waals surface area contributed by atoms with Crippen LogP contribution in [0.3, 0.4) is 0 Å². The standard InChI is InChI=1S/C15H18F3NO/c16-15(17,18)20-12-6-7-13-11(8-12)9-14(19-13)10-4-2-1-3-5-10/h6-8,10,14,19H,1-5,9H2. The zero-order valence-electron chi connectivity index (χ0n) is 11.2. The summed E-state index contributed by atoms with van der Waals surface area (Å²) in [5, 5.41) is 3.46. The Balaban J connectivity index is 1.70. The maximum atomic E-state index is 12.2. The molecule has 1 N–H and O–H groups in total. The van der Waals surface area contributed by atoms with Crippen molar-refractivity contribution in [2.75, 3.05) is 5.32 Å². The van der Waals surface area contributed by atoms with Gasteiger partial charge < -0.3 is 10.1 Å². The molecule has 0 bridgehead atoms. The lowest BCUT2D eigenvalue weighted by molar-refractivity contribution is -0.274. The molecular weight excluding hydrogens is 267 g/mol. The molecule has 1 heterocycles. The Labute approximate surface area is 116 Å². The first kappa shape index (κ1) is 13.6. The number of alkyl halides is 3. The second-order valence-corrected chi connectivity index (χ2v) is 5.72. The minimum absolute atomic E-state index is 0.123. The van der Waals surface area contributed by atoms with Crippen LogP contribution in [0.15, 0.2) is 18.2 Å². The molecule has 2 nitrogen and oxygen atoms in total. The fraction of sp³-hybridized carbons (Fsp3) is 0.600. The van der Waals surface area contributed by atoms with Gasteiger partial charge in [-0.25, -0.2) is 0 Å². The summed E-state index contributed by atoms with van der Waals surface area (Å²) in [6.45, 7) is 0. The fourth-order valence-electron chi connectivity index (χ4n) is 3.39. The number of anilines is 1. The van der Waals surface area contributed by atoms with Gasteiger partial charge in [-0.3, -0.25) is 0 Å². The molecule has 0 spiro atoms. The van der Waals surface area contributed by atoms with Crippen LogP contribution in [-0.2, 0) is 6.42 Å². The minimum atomic E-state index is -4.62. The summed E-state index contributed by atoms with van der Waals surface area (Å²) < 4.78 is 40.6. The van der Waals surface area contributed by atoms with Crippen molar-refractivity contribution in [3.8, 4) is 5.75 Å². The third kappa shape index (κ3) is 3.02. The van der Waals surface area contributed by atoms with E-state index in [0.29, 0.717) is 12.0 Å². The van der Waals surface area contributed by atoms with Crippen LogP contribution in [0, 0.1) is 5.92 Å². The van der Waals surface area contributed by atoms with Crippen molar-refractivity contribution in [3.05, 3.63) is 23.8 Å². The first-order valence-corrected chi connectivity index (χ1v) is 7.16. The number of halogens is 3. The van der Waals surface area contributed by atoms with E-state index in [1.807, 2.05) is 0 Å². The lowest BCUT2D eigenvalue weighted by atomic mass is 9.83. The molecule has 20 heavy (non-hydrogen) atoms. The van der Waals surface area contributed by atoms with Crippen molar-refractivity contribution in [2.45, 2.75) is 50.9 Å². The summed E-state index contributed by atoms with van der Waals surface area (Å²) in [6, 6.07) is 4.95. The highest BCUT2D eigenvalue weighted by molar-refractivity contribution is 5.59. The summed E-state index contributed by atoms with van der Waals surface area (Å²) in [7, 11) is 0. The van der Waals surface area contributed by atoms with Crippen molar-refractivity contribution in [1.82, 2.24) is 0 Å². The molecule has 1 atom stereocenters. The monoisotopic (exact) mass is 285 g/mol. The zero-order chi connectivity index (χ0) is 14.2. The maximum absolute atomic E-state index is 12.2. The van der Waals surface area contributed by atoms with Gasteiger partial charge in [0.25, 0.3) is 0 Å². The molecule has 1 aromatic carbocycles. The average molecular weight is 285 g/mol. The molecule has 1 aliphatic carbocycles. The Hall–Kier alpha value is -1.39. The molecule has 5 heteroatoms. The molecule has 0 amide bonds. The van der Waals surface area contributed by atoms with Gasteiger partial charge in [0.2, 0.25) is 0 Å². The van der Waals surface area contributed by atoms with Gasteiger partial charge in [-0.1, -0.05) is 19.3 Å². The summed E-state index contributed by atoms with van der Waals surface area (Å²) in [5.74, 6) is 0.519. The second kappa shape index (κ2) is 5.19. The van der Waals surface area contributed by atoms with Gasteiger partial charge in [0.15, 0.2) is 0 Å². The van der Waals surface area contributed by atoms with E-state index >= 15 is 0 Å². The number of hydrogen-bond acceptors (Lipinski definition) is 2. The number of hydrogen-bond donors (Lipinski definition) is 1. The summed E-state index contributed by atoms with van der Waals surface area (Å²) >= 11 is 0. The predicted molar refractivity (Wildman–Crippen MR) is 70.8 cm³/mol. The van der Waals surface area contributed by atoms with Gasteiger partial charge in [-0.15, -0.1) is 13.2 Å². The molecule has 1 fully saturated rings. The predicted octanol–water partition coefficient (Wildman–Crippen LogP) is 4.50. The molecular formula is C15H18F3NO. The number of rotatable bonds is 2. The highest BCUT2D eigenvalue weighted by Gasteiger charge is 2.33. The average Bonchev–Trinajstić information content (AvgIpc) is 2.81. The van der Waals surface area contributed by atoms with Crippen LogP contribution in [0.4, 0.5) is 18.9 Å². The zero-order valence-corrected chi connectivity index (χ0v) is 11.2. The molecule has 110 valence electrons. The van der Waals surface area contributed by atoms with Crippen LogP contribution in [0.1, 0.15) is 37.7 Å². The van der Waals surface area contributed by atoms with Crippen molar-refractivity contribution in [3.63, 3.8) is 0 Å². The largest absolute Gasteiger partial charge is 0.573 e. The molecule has 0 saturated heterocycles. The Bertz CT molecular complexity index is 480. The number of benzene rings is 1. The van der Waals surface area contributed by atoms with E-state index in [-0.39, 0.29) is 5.75 Å². The lowest BCUT2D eigenvalue weighted by Crippen LogP contribution is -2.28. The number of fused-ring (bicyclic) bond motifs is 1. The quantitative estimate of drug-likeness (QED) is 0.863. The summed E-state index contributed by atoms with van der Waals surface area (Å²) in [5.41, 5.74) is 1.89. The van der Waals surface area contributed by atoms with E-state index < -0.39 is 6.36 Å². The van der Waals surface area contributed by atoms with Crippen molar-refractivity contribution >= 4 is 5.69 Å². The molecule has 2 aliphatic rings. The van der Waals surface area contributed by atoms with Gasteiger partial charge in [0, 0.05) is 11.7 Å². The lowest BCUT2D eigenvalue weighted by Gasteiger charge is -2.27. The third-order valence-electron chi connectivity index (χ3n) is 4.31. The molecule has 0 aromatic heterocycles. The highest BCUT2D eigenvalue weighted by Crippen LogP contribution is 2.37. The third-order valence-corrected chi connectivity index (χ3v) is 4.31. The van der Waals surface area contributed by atoms with Crippen molar-refractivity contribution in [1.29, 1.82) is 0 Å². The van der Waals surface area contributed by atoms with Crippen LogP contribution in [-0.4, -0.2) is 12.4 Å². The van der Waals surface area contributed by atoms with Crippen LogP contribution in [0.2, 0.25) is 0 Å². The van der Waals surface area contributed by atoms with Crippen molar-refractivity contribution < 1.29 is 17.9 Å². The molecule has 0 radical (unpaired) electrons. The Morgan fingerprint density at radius 1 is 1.10 bits per heavy atom. The van der Waals surface area contributed by atoms with E-state index in [1.165, 1.54) is 44.2 Å². The first-order chi connectivity index (χ1) is 9.51. The van der Waals surface area contributed by atoms with Crippen LogP contribution < -0.4 is 10.1 Å². The normalized spacial score (nSPS) is 23.2. The molecule has 1 saturated carbocycles. The van der Waals surface area contributed by atoms with Crippen LogP contribution in [0.5, 0.6) is 5.75 Å². The topological polar surface area (TPSA) is 21.3 Å². The summed E-state index contributed by atoms with van der Waals surface area (Å²) in [4.78, 5) is 0. The summed E-state index contributed by atoms with van der Waals surface area (Å²) in [6.07, 6.45) is 2.45. The SMILES string of the molecule is FC(F)(F)Oc1ccc2c(c1)CC(C1CCCCC1)N2. The van der Waals surface area contributed by atoms with Crippen LogP contribution in [0.25, 0.3) is 0 Å². The van der Waals surface area contributed by atoms with E-state index in [0.717, 1.165) is 17.7 Å².